The number of hydrogen-bond acceptors (Lipinski definition) is 5. The molecule has 0 unspecified atom stereocenters. The molecule has 4 heterocycles. The summed E-state index contributed by atoms with van der Waals surface area (Å²) in [4.78, 5) is 14.3. The molecule has 0 spiro atoms. The molecule has 51 heavy (non-hydrogen) atoms. The third-order valence-electron chi connectivity index (χ3n) is 9.06. The third-order valence-corrected chi connectivity index (χ3v) is 10.5. The fourth-order valence-corrected chi connectivity index (χ4v) is 7.42. The van der Waals surface area contributed by atoms with Crippen LogP contribution in [0.25, 0.3) is 65.8 Å². The van der Waals surface area contributed by atoms with Gasteiger partial charge in [0.1, 0.15) is 11.1 Å². The minimum absolute atomic E-state index is 0. The van der Waals surface area contributed by atoms with E-state index in [0.29, 0.717) is 5.92 Å². The molecule has 8 aromatic rings. The average molecular weight is 864 g/mol. The van der Waals surface area contributed by atoms with E-state index in [1.54, 1.807) is 11.3 Å². The summed E-state index contributed by atoms with van der Waals surface area (Å²) in [6.45, 7) is 17.5. The Balaban J connectivity index is 0.000000269. The molecule has 0 amide bonds. The number of hydrogen-bond donors (Lipinski definition) is 0. The first-order valence-corrected chi connectivity index (χ1v) is 17.9. The molecule has 0 fully saturated rings. The van der Waals surface area contributed by atoms with E-state index in [-0.39, 0.29) is 25.5 Å². The number of pyridine rings is 2. The molecule has 0 saturated heterocycles. The van der Waals surface area contributed by atoms with Gasteiger partial charge in [-0.25, -0.2) is 4.98 Å². The van der Waals surface area contributed by atoms with Crippen molar-refractivity contribution in [1.29, 1.82) is 0 Å². The van der Waals surface area contributed by atoms with Crippen LogP contribution in [0.4, 0.5) is 0 Å². The Labute approximate surface area is 318 Å². The first-order chi connectivity index (χ1) is 24.0. The smallest absolute Gasteiger partial charge is 0.148 e. The van der Waals surface area contributed by atoms with Crippen molar-refractivity contribution in [3.05, 3.63) is 137 Å². The van der Waals surface area contributed by atoms with Crippen molar-refractivity contribution >= 4 is 43.5 Å². The number of rotatable bonds is 4. The van der Waals surface area contributed by atoms with Gasteiger partial charge in [0.15, 0.2) is 0 Å². The molecule has 8 rings (SSSR count). The van der Waals surface area contributed by atoms with Crippen molar-refractivity contribution in [1.82, 2.24) is 15.0 Å². The number of aromatic nitrogens is 3. The summed E-state index contributed by atoms with van der Waals surface area (Å²) in [5.74, 6) is 0.358. The topological polar surface area (TPSA) is 51.8 Å². The molecule has 259 valence electrons. The molecule has 0 aliphatic carbocycles. The largest absolute Gasteiger partial charge is 0.498 e. The van der Waals surface area contributed by atoms with Gasteiger partial charge in [0.05, 0.1) is 15.3 Å². The molecule has 4 aromatic carbocycles. The average Bonchev–Trinajstić information content (AvgIpc) is 3.72. The van der Waals surface area contributed by atoms with Crippen LogP contribution in [-0.2, 0) is 25.5 Å². The van der Waals surface area contributed by atoms with Crippen LogP contribution in [-0.4, -0.2) is 15.0 Å². The second-order valence-electron chi connectivity index (χ2n) is 14.3. The molecular formula is C45H41IrN3OS-2. The molecule has 0 aliphatic rings. The minimum atomic E-state index is -0.00680. The van der Waals surface area contributed by atoms with Crippen molar-refractivity contribution in [2.24, 2.45) is 0 Å². The van der Waals surface area contributed by atoms with Crippen LogP contribution in [0.3, 0.4) is 0 Å². The Morgan fingerprint density at radius 2 is 1.49 bits per heavy atom. The molecule has 0 N–H and O–H groups in total. The molecule has 4 aromatic heterocycles. The third kappa shape index (κ3) is 7.19. The Bertz CT molecular complexity index is 2450. The number of benzene rings is 4. The Hall–Kier alpha value is -4.48. The normalized spacial score (nSPS) is 11.5. The summed E-state index contributed by atoms with van der Waals surface area (Å²) in [6.07, 6.45) is 3.90. The molecule has 0 bridgehead atoms. The van der Waals surface area contributed by atoms with Crippen LogP contribution < -0.4 is 0 Å². The Morgan fingerprint density at radius 1 is 0.745 bits per heavy atom. The zero-order chi connectivity index (χ0) is 35.2. The number of aryl methyl sites for hydroxylation is 3. The maximum atomic E-state index is 6.62. The molecule has 6 heteroatoms. The minimum Gasteiger partial charge on any atom is -0.498 e. The van der Waals surface area contributed by atoms with Crippen molar-refractivity contribution in [3.63, 3.8) is 0 Å². The standard InChI is InChI=1S/C33H31N2OS.C12H10N.Ir/c1-18(2)25-17-34-26(16-24(25)28-19(3)10-8-11-20(28)4)23-13-9-12-21-22-14-15-27-29(31(22)36-30(21)23)35-32(37-27)33(5,6)7;1-10-7-8-12(13-9-10)11-5-3-2-4-6-11;/h8-12,14-18H,1-7H3;2-5,7-9H,1H3;/q2*-1;. The summed E-state index contributed by atoms with van der Waals surface area (Å²) < 4.78 is 7.77. The zero-order valence-corrected chi connectivity index (χ0v) is 33.5. The van der Waals surface area contributed by atoms with E-state index in [1.165, 1.54) is 33.4 Å². The van der Waals surface area contributed by atoms with E-state index in [4.69, 9.17) is 14.4 Å². The maximum absolute atomic E-state index is 6.62. The van der Waals surface area contributed by atoms with Crippen molar-refractivity contribution in [3.8, 4) is 33.6 Å². The van der Waals surface area contributed by atoms with E-state index < -0.39 is 0 Å². The van der Waals surface area contributed by atoms with Gasteiger partial charge < -0.3 is 14.4 Å². The molecule has 4 nitrogen and oxygen atoms in total. The molecule has 0 saturated carbocycles. The first-order valence-electron chi connectivity index (χ1n) is 17.1. The quantitative estimate of drug-likeness (QED) is 0.165. The van der Waals surface area contributed by atoms with Gasteiger partial charge in [-0.2, -0.15) is 0 Å². The van der Waals surface area contributed by atoms with Gasteiger partial charge in [0.2, 0.25) is 0 Å². The fraction of sp³-hybridized carbons (Fsp3) is 0.222. The summed E-state index contributed by atoms with van der Waals surface area (Å²) in [5, 5.41) is 3.27. The van der Waals surface area contributed by atoms with Gasteiger partial charge in [0, 0.05) is 43.3 Å². The van der Waals surface area contributed by atoms with Gasteiger partial charge in [-0.05, 0) is 77.5 Å². The number of furan rings is 1. The summed E-state index contributed by atoms with van der Waals surface area (Å²) >= 11 is 1.74. The van der Waals surface area contributed by atoms with Crippen LogP contribution >= 0.6 is 11.3 Å². The van der Waals surface area contributed by atoms with E-state index in [1.807, 2.05) is 55.7 Å². The Morgan fingerprint density at radius 3 is 2.16 bits per heavy atom. The SMILES string of the molecule is Cc1ccc(-c2[c-]cccc2)nc1.Cc1cccc(C)c1-c1cc(-c2[c-]ccc3c2oc2c3ccc3sc(C(C)(C)C)nc32)ncc1C(C)C.[Ir]. The van der Waals surface area contributed by atoms with Crippen molar-refractivity contribution in [2.45, 2.75) is 66.7 Å². The van der Waals surface area contributed by atoms with Gasteiger partial charge in [-0.3, -0.25) is 0 Å². The maximum Gasteiger partial charge on any atom is 0.148 e. The molecule has 0 atom stereocenters. The summed E-state index contributed by atoms with van der Waals surface area (Å²) in [7, 11) is 0. The first kappa shape index (κ1) is 36.3. The van der Waals surface area contributed by atoms with Gasteiger partial charge in [0.25, 0.3) is 0 Å². The van der Waals surface area contributed by atoms with E-state index in [9.17, 15) is 0 Å². The summed E-state index contributed by atoms with van der Waals surface area (Å²) in [5.41, 5.74) is 13.8. The van der Waals surface area contributed by atoms with E-state index in [0.717, 1.165) is 59.7 Å². The predicted molar refractivity (Wildman–Crippen MR) is 210 cm³/mol. The van der Waals surface area contributed by atoms with Crippen LogP contribution in [0.15, 0.2) is 102 Å². The zero-order valence-electron chi connectivity index (χ0n) is 30.3. The fourth-order valence-electron chi connectivity index (χ4n) is 6.40. The van der Waals surface area contributed by atoms with Crippen LogP contribution in [0.5, 0.6) is 0 Å². The van der Waals surface area contributed by atoms with Gasteiger partial charge >= 0.3 is 0 Å². The number of thiazole rings is 1. The monoisotopic (exact) mass is 864 g/mol. The number of nitrogens with zero attached hydrogens (tertiary/aromatic N) is 3. The second-order valence-corrected chi connectivity index (χ2v) is 15.4. The molecule has 1 radical (unpaired) electrons. The van der Waals surface area contributed by atoms with Gasteiger partial charge in [-0.15, -0.1) is 65.4 Å². The van der Waals surface area contributed by atoms with Crippen LogP contribution in [0, 0.1) is 32.9 Å². The van der Waals surface area contributed by atoms with Crippen molar-refractivity contribution in [2.75, 3.05) is 0 Å². The van der Waals surface area contributed by atoms with E-state index in [2.05, 4.69) is 114 Å². The van der Waals surface area contributed by atoms with E-state index >= 15 is 0 Å². The Kier molecular flexibility index (Phi) is 10.4. The summed E-state index contributed by atoms with van der Waals surface area (Å²) in [6, 6.07) is 35.6. The van der Waals surface area contributed by atoms with Crippen LogP contribution in [0.2, 0.25) is 0 Å². The van der Waals surface area contributed by atoms with Crippen molar-refractivity contribution < 1.29 is 24.5 Å². The molecular weight excluding hydrogens is 823 g/mol. The predicted octanol–water partition coefficient (Wildman–Crippen LogP) is 12.6. The van der Waals surface area contributed by atoms with Gasteiger partial charge in [-0.1, -0.05) is 88.0 Å². The molecule has 0 aliphatic heterocycles. The number of fused-ring (bicyclic) bond motifs is 5. The van der Waals surface area contributed by atoms with Crippen LogP contribution in [0.1, 0.15) is 67.8 Å². The second kappa shape index (κ2) is 14.6.